The minimum atomic E-state index is -3.38. The molecule has 1 unspecified atom stereocenters. The zero-order chi connectivity index (χ0) is 22.0. The molecular formula is C22H38N4O3S. The van der Waals surface area contributed by atoms with Gasteiger partial charge in [-0.3, -0.25) is 0 Å². The third-order valence-electron chi connectivity index (χ3n) is 5.29. The zero-order valence-corrected chi connectivity index (χ0v) is 19.4. The molecule has 1 heterocycles. The molecule has 1 aliphatic rings. The molecule has 3 N–H and O–H groups in total. The van der Waals surface area contributed by atoms with Crippen LogP contribution in [0.3, 0.4) is 0 Å². The lowest BCUT2D eigenvalue weighted by atomic mass is 9.94. The fourth-order valence-electron chi connectivity index (χ4n) is 3.75. The van der Waals surface area contributed by atoms with Crippen molar-refractivity contribution in [3.8, 4) is 0 Å². The number of nitrogens with zero attached hydrogens (tertiary/aromatic N) is 2. The highest BCUT2D eigenvalue weighted by Gasteiger charge is 2.26. The fraction of sp³-hybridized carbons (Fsp3) is 0.682. The van der Waals surface area contributed by atoms with E-state index in [1.807, 2.05) is 19.1 Å². The van der Waals surface area contributed by atoms with E-state index in [2.05, 4.69) is 29.5 Å². The van der Waals surface area contributed by atoms with Crippen LogP contribution < -0.4 is 10.6 Å². The highest BCUT2D eigenvalue weighted by Crippen LogP contribution is 2.21. The van der Waals surface area contributed by atoms with Crippen LogP contribution in [0, 0.1) is 11.8 Å². The summed E-state index contributed by atoms with van der Waals surface area (Å²) in [6.45, 7) is 9.81. The van der Waals surface area contributed by atoms with Crippen molar-refractivity contribution in [1.82, 2.24) is 14.9 Å². The summed E-state index contributed by atoms with van der Waals surface area (Å²) in [6, 6.07) is 7.03. The van der Waals surface area contributed by atoms with E-state index in [9.17, 15) is 13.5 Å². The van der Waals surface area contributed by atoms with Crippen molar-refractivity contribution < 1.29 is 13.5 Å². The van der Waals surface area contributed by atoms with Crippen LogP contribution in [-0.4, -0.2) is 56.6 Å². The van der Waals surface area contributed by atoms with Gasteiger partial charge >= 0.3 is 0 Å². The summed E-state index contributed by atoms with van der Waals surface area (Å²) in [5, 5.41) is 15.9. The Morgan fingerprint density at radius 1 is 1.17 bits per heavy atom. The van der Waals surface area contributed by atoms with Crippen molar-refractivity contribution >= 4 is 16.0 Å². The smallest absolute Gasteiger partial charge is 0.243 e. The third-order valence-corrected chi connectivity index (χ3v) is 7.20. The molecule has 1 saturated heterocycles. The van der Waals surface area contributed by atoms with Crippen LogP contribution in [0.4, 0.5) is 0 Å². The zero-order valence-electron chi connectivity index (χ0n) is 18.6. The number of sulfonamides is 1. The van der Waals surface area contributed by atoms with Gasteiger partial charge in [0.1, 0.15) is 0 Å². The van der Waals surface area contributed by atoms with Crippen molar-refractivity contribution in [2.45, 2.75) is 57.9 Å². The quantitative estimate of drug-likeness (QED) is 0.365. The summed E-state index contributed by atoms with van der Waals surface area (Å²) in [5.74, 6) is 1.71. The van der Waals surface area contributed by atoms with Gasteiger partial charge in [-0.2, -0.15) is 4.31 Å². The molecule has 0 aromatic heterocycles. The number of rotatable bonds is 11. The molecule has 1 aliphatic heterocycles. The second-order valence-corrected chi connectivity index (χ2v) is 10.3. The van der Waals surface area contributed by atoms with E-state index in [0.29, 0.717) is 36.4 Å². The molecular weight excluding hydrogens is 400 g/mol. The summed E-state index contributed by atoms with van der Waals surface area (Å²) in [6.07, 6.45) is 3.70. The summed E-state index contributed by atoms with van der Waals surface area (Å²) in [7, 11) is -3.38. The summed E-state index contributed by atoms with van der Waals surface area (Å²) in [4.78, 5) is 4.99. The van der Waals surface area contributed by atoms with Crippen molar-refractivity contribution in [3.63, 3.8) is 0 Å². The van der Waals surface area contributed by atoms with Gasteiger partial charge in [-0.1, -0.05) is 26.0 Å². The molecule has 1 atom stereocenters. The van der Waals surface area contributed by atoms with Crippen molar-refractivity contribution in [1.29, 1.82) is 0 Å². The molecule has 0 saturated carbocycles. The maximum atomic E-state index is 12.6. The van der Waals surface area contributed by atoms with E-state index in [4.69, 9.17) is 0 Å². The Hall–Kier alpha value is -1.64. The number of guanidine groups is 1. The van der Waals surface area contributed by atoms with Crippen LogP contribution in [0.5, 0.6) is 0 Å². The highest BCUT2D eigenvalue weighted by molar-refractivity contribution is 7.89. The summed E-state index contributed by atoms with van der Waals surface area (Å²) in [5.41, 5.74) is 0.960. The Labute approximate surface area is 182 Å². The first kappa shape index (κ1) is 24.6. The number of benzene rings is 1. The Kier molecular flexibility index (Phi) is 10.1. The molecule has 0 spiro atoms. The SMILES string of the molecule is CCNC(=NCc1ccc(S(=O)(=O)N2CCCC2)cc1)NCC(CCO)CC(C)C. The van der Waals surface area contributed by atoms with Crippen molar-refractivity contribution in [2.24, 2.45) is 16.8 Å². The van der Waals surface area contributed by atoms with Crippen LogP contribution in [0.2, 0.25) is 0 Å². The maximum absolute atomic E-state index is 12.6. The van der Waals surface area contributed by atoms with Crippen LogP contribution in [0.15, 0.2) is 34.2 Å². The molecule has 8 heteroatoms. The molecule has 1 aromatic rings. The largest absolute Gasteiger partial charge is 0.396 e. The van der Waals surface area contributed by atoms with Gasteiger partial charge in [-0.25, -0.2) is 13.4 Å². The van der Waals surface area contributed by atoms with Crippen molar-refractivity contribution in [3.05, 3.63) is 29.8 Å². The average Bonchev–Trinajstić information content (AvgIpc) is 3.26. The molecule has 0 amide bonds. The van der Waals surface area contributed by atoms with Crippen LogP contribution in [0.1, 0.15) is 52.0 Å². The normalized spacial score (nSPS) is 16.8. The van der Waals surface area contributed by atoms with Crippen LogP contribution in [0.25, 0.3) is 0 Å². The number of aliphatic hydroxyl groups is 1. The second kappa shape index (κ2) is 12.3. The fourth-order valence-corrected chi connectivity index (χ4v) is 5.27. The predicted octanol–water partition coefficient (Wildman–Crippen LogP) is 2.57. The number of nitrogens with one attached hydrogen (secondary N) is 2. The van der Waals surface area contributed by atoms with E-state index < -0.39 is 10.0 Å². The van der Waals surface area contributed by atoms with Gasteiger partial charge < -0.3 is 15.7 Å². The average molecular weight is 439 g/mol. The van der Waals surface area contributed by atoms with Gasteiger partial charge in [0.05, 0.1) is 11.4 Å². The molecule has 7 nitrogen and oxygen atoms in total. The minimum Gasteiger partial charge on any atom is -0.396 e. The molecule has 0 aliphatic carbocycles. The molecule has 1 fully saturated rings. The number of hydrogen-bond donors (Lipinski definition) is 3. The first-order valence-corrected chi connectivity index (χ1v) is 12.5. The van der Waals surface area contributed by atoms with Gasteiger partial charge in [0.15, 0.2) is 5.96 Å². The first-order valence-electron chi connectivity index (χ1n) is 11.1. The lowest BCUT2D eigenvalue weighted by Crippen LogP contribution is -2.40. The number of aliphatic hydroxyl groups excluding tert-OH is 1. The summed E-state index contributed by atoms with van der Waals surface area (Å²) < 4.78 is 26.8. The summed E-state index contributed by atoms with van der Waals surface area (Å²) >= 11 is 0. The first-order chi connectivity index (χ1) is 14.4. The van der Waals surface area contributed by atoms with E-state index in [1.165, 1.54) is 0 Å². The molecule has 2 rings (SSSR count). The minimum absolute atomic E-state index is 0.194. The van der Waals surface area contributed by atoms with Gasteiger partial charge in [-0.05, 0) is 62.1 Å². The van der Waals surface area contributed by atoms with Crippen molar-refractivity contribution in [2.75, 3.05) is 32.8 Å². The lowest BCUT2D eigenvalue weighted by molar-refractivity contribution is 0.243. The monoisotopic (exact) mass is 438 g/mol. The Morgan fingerprint density at radius 3 is 2.40 bits per heavy atom. The van der Waals surface area contributed by atoms with E-state index in [0.717, 1.165) is 50.3 Å². The van der Waals surface area contributed by atoms with E-state index in [1.54, 1.807) is 16.4 Å². The van der Waals surface area contributed by atoms with Gasteiger partial charge in [0.2, 0.25) is 10.0 Å². The maximum Gasteiger partial charge on any atom is 0.243 e. The van der Waals surface area contributed by atoms with Gasteiger partial charge in [0, 0.05) is 32.8 Å². The second-order valence-electron chi connectivity index (χ2n) is 8.34. The van der Waals surface area contributed by atoms with Gasteiger partial charge in [-0.15, -0.1) is 0 Å². The highest BCUT2D eigenvalue weighted by atomic mass is 32.2. The number of aliphatic imine (C=N–C) groups is 1. The molecule has 30 heavy (non-hydrogen) atoms. The van der Waals surface area contributed by atoms with Gasteiger partial charge in [0.25, 0.3) is 0 Å². The molecule has 0 radical (unpaired) electrons. The van der Waals surface area contributed by atoms with E-state index in [-0.39, 0.29) is 6.61 Å². The predicted molar refractivity (Wildman–Crippen MR) is 122 cm³/mol. The lowest BCUT2D eigenvalue weighted by Gasteiger charge is -2.20. The topological polar surface area (TPSA) is 94.0 Å². The van der Waals surface area contributed by atoms with Crippen LogP contribution >= 0.6 is 0 Å². The molecule has 1 aromatic carbocycles. The Morgan fingerprint density at radius 2 is 1.83 bits per heavy atom. The number of hydrogen-bond acceptors (Lipinski definition) is 4. The third kappa shape index (κ3) is 7.56. The van der Waals surface area contributed by atoms with Crippen LogP contribution in [-0.2, 0) is 16.6 Å². The standard InChI is InChI=1S/C22H38N4O3S/c1-4-23-22(25-17-20(11-14-27)15-18(2)3)24-16-19-7-9-21(10-8-19)30(28,29)26-12-5-6-13-26/h7-10,18,20,27H,4-6,11-17H2,1-3H3,(H2,23,24,25). The van der Waals surface area contributed by atoms with E-state index >= 15 is 0 Å². The Bertz CT molecular complexity index is 757. The molecule has 0 bridgehead atoms. The molecule has 170 valence electrons. The Balaban J connectivity index is 1.98.